The predicted octanol–water partition coefficient (Wildman–Crippen LogP) is 13.7. The number of allylic oxidation sites excluding steroid dienone is 8. The number of ether oxygens (including phenoxy) is 6. The summed E-state index contributed by atoms with van der Waals surface area (Å²) < 4.78 is 37.8. The van der Waals surface area contributed by atoms with Crippen molar-refractivity contribution in [1.29, 1.82) is 31.6 Å². The fourth-order valence-electron chi connectivity index (χ4n) is 6.83. The highest BCUT2D eigenvalue weighted by Crippen LogP contribution is 2.48. The molecule has 2 aliphatic rings. The van der Waals surface area contributed by atoms with E-state index in [1.807, 2.05) is 60.7 Å². The van der Waals surface area contributed by atoms with Crippen molar-refractivity contribution in [2.45, 2.75) is 118 Å². The smallest absolute Gasteiger partial charge is 0.179 e. The van der Waals surface area contributed by atoms with Gasteiger partial charge in [0.25, 0.3) is 0 Å². The van der Waals surface area contributed by atoms with Crippen LogP contribution in [-0.4, -0.2) is 37.6 Å². The van der Waals surface area contributed by atoms with Gasteiger partial charge in [0, 0.05) is 11.1 Å². The normalized spacial score (nSPS) is 15.1. The Morgan fingerprint density at radius 3 is 1.00 bits per heavy atom. The molecular weight excluding hydrogens is 893 g/mol. The molecule has 0 saturated carbocycles. The van der Waals surface area contributed by atoms with Crippen LogP contribution >= 0.6 is 22.7 Å². The molecule has 68 heavy (non-hydrogen) atoms. The van der Waals surface area contributed by atoms with E-state index in [0.29, 0.717) is 60.6 Å². The Hall–Kier alpha value is -7.20. The molecule has 0 atom stereocenters. The van der Waals surface area contributed by atoms with Gasteiger partial charge in [-0.2, -0.15) is 31.6 Å². The van der Waals surface area contributed by atoms with E-state index in [4.69, 9.17) is 28.4 Å². The standard InChI is InChI=1S/C54H58N6O6S2/c1-9-13-27-61-49-43(23-19-17-21-41-39(35-59)47(37(31-55)32-56)65-53(41,5)6)67-45(51(49)63-29-15-11-3)25-26-46-52(64-30-16-12-4)50(62-28-14-10-2)44(68-46)24-20-18-22-42-40(36-60)48(38(33-57)34-58)66-54(42,7)8/h17-26H,9-16,27-30H2,1-8H3/b21-17+,22-18+,23-19+,24-20+,26-25+. The second kappa shape index (κ2) is 26.2. The molecule has 0 saturated heterocycles. The van der Waals surface area contributed by atoms with Crippen molar-refractivity contribution in [2.75, 3.05) is 26.4 Å². The summed E-state index contributed by atoms with van der Waals surface area (Å²) in [6, 6.07) is 11.6. The molecule has 0 amide bonds. The first-order chi connectivity index (χ1) is 32.8. The molecular formula is C54H58N6O6S2. The maximum Gasteiger partial charge on any atom is 0.179 e. The Balaban J connectivity index is 1.84. The van der Waals surface area contributed by atoms with E-state index in [1.165, 1.54) is 22.7 Å². The maximum atomic E-state index is 10.0. The summed E-state index contributed by atoms with van der Waals surface area (Å²) in [6.07, 6.45) is 26.0. The number of nitrogens with zero attached hydrogens (tertiary/aromatic N) is 6. The van der Waals surface area contributed by atoms with Crippen LogP contribution < -0.4 is 18.9 Å². The first kappa shape index (κ1) is 53.4. The zero-order valence-electron chi connectivity index (χ0n) is 40.2. The summed E-state index contributed by atoms with van der Waals surface area (Å²) in [4.78, 5) is 3.36. The van der Waals surface area contributed by atoms with Gasteiger partial charge in [0.15, 0.2) is 45.7 Å². The van der Waals surface area contributed by atoms with Gasteiger partial charge in [0.2, 0.25) is 0 Å². The molecule has 14 heteroatoms. The molecule has 0 unspecified atom stereocenters. The monoisotopic (exact) mass is 950 g/mol. The highest BCUT2D eigenvalue weighted by Gasteiger charge is 2.39. The molecule has 0 aromatic carbocycles. The quantitative estimate of drug-likeness (QED) is 0.0549. The van der Waals surface area contributed by atoms with Gasteiger partial charge in [-0.3, -0.25) is 0 Å². The summed E-state index contributed by atoms with van der Waals surface area (Å²) in [5, 5.41) is 58.0. The van der Waals surface area contributed by atoms with Gasteiger partial charge in [-0.15, -0.1) is 22.7 Å². The highest BCUT2D eigenvalue weighted by atomic mass is 32.1. The highest BCUT2D eigenvalue weighted by molar-refractivity contribution is 7.15. The number of rotatable bonds is 24. The van der Waals surface area contributed by atoms with Gasteiger partial charge >= 0.3 is 0 Å². The van der Waals surface area contributed by atoms with Crippen molar-refractivity contribution in [1.82, 2.24) is 0 Å². The minimum Gasteiger partial charge on any atom is -0.488 e. The lowest BCUT2D eigenvalue weighted by Gasteiger charge is -2.20. The lowest BCUT2D eigenvalue weighted by Crippen LogP contribution is -2.20. The molecule has 352 valence electrons. The van der Waals surface area contributed by atoms with Crippen molar-refractivity contribution in [3.05, 3.63) is 101 Å². The summed E-state index contributed by atoms with van der Waals surface area (Å²) in [5.41, 5.74) is -1.01. The molecule has 2 aromatic rings. The average molecular weight is 951 g/mol. The number of nitriles is 6. The second-order valence-electron chi connectivity index (χ2n) is 16.4. The Morgan fingerprint density at radius 1 is 0.456 bits per heavy atom. The Morgan fingerprint density at radius 2 is 0.735 bits per heavy atom. The first-order valence-corrected chi connectivity index (χ1v) is 24.5. The number of unbranched alkanes of at least 4 members (excludes halogenated alkanes) is 4. The molecule has 0 bridgehead atoms. The molecule has 0 aliphatic carbocycles. The third-order valence-electron chi connectivity index (χ3n) is 10.5. The number of hydrogen-bond acceptors (Lipinski definition) is 14. The van der Waals surface area contributed by atoms with Crippen LogP contribution in [0.15, 0.2) is 81.4 Å². The van der Waals surface area contributed by atoms with Crippen LogP contribution in [0.4, 0.5) is 0 Å². The Labute approximate surface area is 409 Å². The van der Waals surface area contributed by atoms with Crippen LogP contribution in [0.2, 0.25) is 0 Å². The molecule has 0 N–H and O–H groups in total. The maximum absolute atomic E-state index is 10.0. The predicted molar refractivity (Wildman–Crippen MR) is 268 cm³/mol. The Kier molecular flexibility index (Phi) is 20.6. The van der Waals surface area contributed by atoms with E-state index in [0.717, 1.165) is 70.9 Å². The molecule has 4 heterocycles. The summed E-state index contributed by atoms with van der Waals surface area (Å²) in [7, 11) is 0. The zero-order chi connectivity index (χ0) is 49.7. The summed E-state index contributed by atoms with van der Waals surface area (Å²) >= 11 is 3.03. The SMILES string of the molecule is CCCCOc1c(/C=C/C=C/C2=C(C#N)C(=C(C#N)C#N)OC2(C)C)sc(/C=C/c2sc(/C=C/C=C/C3=C(C#N)C(=C(C#N)C#N)OC3(C)C)c(OCCCC)c2OCCCC)c1OCCCC. The third-order valence-corrected chi connectivity index (χ3v) is 12.6. The van der Waals surface area contributed by atoms with Crippen molar-refractivity contribution in [2.24, 2.45) is 0 Å². The van der Waals surface area contributed by atoms with E-state index in [9.17, 15) is 31.6 Å². The first-order valence-electron chi connectivity index (χ1n) is 22.8. The van der Waals surface area contributed by atoms with Crippen molar-refractivity contribution in [3.8, 4) is 59.4 Å². The molecule has 12 nitrogen and oxygen atoms in total. The van der Waals surface area contributed by atoms with Gasteiger partial charge in [-0.05, 0) is 77.7 Å². The lowest BCUT2D eigenvalue weighted by atomic mass is 9.94. The molecule has 4 rings (SSSR count). The minimum absolute atomic E-state index is 0.0147. The van der Waals surface area contributed by atoms with Gasteiger partial charge in [-0.1, -0.05) is 89.8 Å². The zero-order valence-corrected chi connectivity index (χ0v) is 41.8. The lowest BCUT2D eigenvalue weighted by molar-refractivity contribution is 0.0950. The fourth-order valence-corrected chi connectivity index (χ4v) is 8.85. The van der Waals surface area contributed by atoms with Crippen LogP contribution in [0.5, 0.6) is 23.0 Å². The van der Waals surface area contributed by atoms with Crippen LogP contribution in [0.1, 0.15) is 126 Å². The second-order valence-corrected chi connectivity index (χ2v) is 18.6. The molecule has 2 aliphatic heterocycles. The van der Waals surface area contributed by atoms with E-state index >= 15 is 0 Å². The van der Waals surface area contributed by atoms with Crippen LogP contribution in [0, 0.1) is 68.0 Å². The van der Waals surface area contributed by atoms with Gasteiger partial charge in [0.1, 0.15) is 58.8 Å². The Bertz CT molecular complexity index is 2490. The van der Waals surface area contributed by atoms with Crippen molar-refractivity contribution in [3.63, 3.8) is 0 Å². The van der Waals surface area contributed by atoms with Crippen LogP contribution in [-0.2, 0) is 9.47 Å². The summed E-state index contributed by atoms with van der Waals surface area (Å²) in [5.74, 6) is 2.53. The largest absolute Gasteiger partial charge is 0.488 e. The van der Waals surface area contributed by atoms with E-state index < -0.39 is 11.2 Å². The topological polar surface area (TPSA) is 198 Å². The summed E-state index contributed by atoms with van der Waals surface area (Å²) in [6.45, 7) is 17.6. The molecule has 0 spiro atoms. The van der Waals surface area contributed by atoms with Gasteiger partial charge in [-0.25, -0.2) is 0 Å². The molecule has 2 aromatic heterocycles. The third kappa shape index (κ3) is 13.2. The van der Waals surface area contributed by atoms with E-state index in [-0.39, 0.29) is 33.8 Å². The van der Waals surface area contributed by atoms with Crippen LogP contribution in [0.25, 0.3) is 24.3 Å². The van der Waals surface area contributed by atoms with Crippen molar-refractivity contribution < 1.29 is 28.4 Å². The van der Waals surface area contributed by atoms with Crippen LogP contribution in [0.3, 0.4) is 0 Å². The fraction of sp³-hybridized carbons (Fsp3) is 0.407. The van der Waals surface area contributed by atoms with E-state index in [2.05, 4.69) is 39.8 Å². The average Bonchev–Trinajstić information content (AvgIpc) is 3.99. The van der Waals surface area contributed by atoms with Crippen molar-refractivity contribution >= 4 is 47.0 Å². The molecule has 0 radical (unpaired) electrons. The van der Waals surface area contributed by atoms with Gasteiger partial charge in [0.05, 0.1) is 45.9 Å². The number of thiophene rings is 2. The minimum atomic E-state index is -0.944. The van der Waals surface area contributed by atoms with E-state index in [1.54, 1.807) is 52.0 Å². The molecule has 0 fully saturated rings. The van der Waals surface area contributed by atoms with Gasteiger partial charge < -0.3 is 28.4 Å². The number of hydrogen-bond donors (Lipinski definition) is 0.